The first-order valence-corrected chi connectivity index (χ1v) is 7.82. The van der Waals surface area contributed by atoms with Gasteiger partial charge in [0.05, 0.1) is 5.92 Å². The quantitative estimate of drug-likeness (QED) is 0.853. The molecule has 3 rings (SSSR count). The van der Waals surface area contributed by atoms with Gasteiger partial charge in [-0.3, -0.25) is 9.59 Å². The largest absolute Gasteiger partial charge is 0.355 e. The van der Waals surface area contributed by atoms with E-state index in [-0.39, 0.29) is 17.7 Å². The Labute approximate surface area is 121 Å². The van der Waals surface area contributed by atoms with Gasteiger partial charge in [0, 0.05) is 50.7 Å². The molecule has 7 heteroatoms. The van der Waals surface area contributed by atoms with Crippen molar-refractivity contribution in [3.63, 3.8) is 0 Å². The minimum atomic E-state index is -0.0425. The summed E-state index contributed by atoms with van der Waals surface area (Å²) < 4.78 is 0. The number of carbonyl (C=O) groups is 2. The molecule has 6 nitrogen and oxygen atoms in total. The van der Waals surface area contributed by atoms with Crippen molar-refractivity contribution in [2.45, 2.75) is 12.8 Å². The molecule has 0 radical (unpaired) electrons. The fraction of sp³-hybridized carbons (Fsp3) is 0.615. The first-order chi connectivity index (χ1) is 9.74. The van der Waals surface area contributed by atoms with Gasteiger partial charge in [-0.2, -0.15) is 0 Å². The van der Waals surface area contributed by atoms with Gasteiger partial charge in [0.15, 0.2) is 5.13 Å². The average molecular weight is 294 g/mol. The van der Waals surface area contributed by atoms with E-state index in [0.717, 1.165) is 31.3 Å². The number of thiazole rings is 1. The Morgan fingerprint density at radius 1 is 1.35 bits per heavy atom. The fourth-order valence-electron chi connectivity index (χ4n) is 2.69. The van der Waals surface area contributed by atoms with Crippen LogP contribution in [0.3, 0.4) is 0 Å². The van der Waals surface area contributed by atoms with Gasteiger partial charge in [-0.15, -0.1) is 11.3 Å². The maximum absolute atomic E-state index is 12.4. The molecule has 0 aromatic carbocycles. The highest BCUT2D eigenvalue weighted by atomic mass is 32.1. The molecule has 0 spiro atoms. The van der Waals surface area contributed by atoms with Crippen LogP contribution in [0, 0.1) is 5.92 Å². The normalized spacial score (nSPS) is 23.6. The number of carbonyl (C=O) groups excluding carboxylic acids is 2. The lowest BCUT2D eigenvalue weighted by Gasteiger charge is -2.37. The number of nitrogens with one attached hydrogen (secondary N) is 1. The van der Waals surface area contributed by atoms with E-state index < -0.39 is 0 Å². The van der Waals surface area contributed by atoms with Gasteiger partial charge >= 0.3 is 0 Å². The molecular weight excluding hydrogens is 276 g/mol. The minimum absolute atomic E-state index is 0.0425. The molecule has 3 heterocycles. The van der Waals surface area contributed by atoms with E-state index in [9.17, 15) is 9.59 Å². The molecule has 0 bridgehead atoms. The van der Waals surface area contributed by atoms with Crippen LogP contribution in [0.1, 0.15) is 12.8 Å². The lowest BCUT2D eigenvalue weighted by Crippen LogP contribution is -2.52. The molecule has 2 fully saturated rings. The first kappa shape index (κ1) is 13.4. The van der Waals surface area contributed by atoms with Gasteiger partial charge in [-0.1, -0.05) is 0 Å². The van der Waals surface area contributed by atoms with Gasteiger partial charge in [0.2, 0.25) is 11.8 Å². The molecule has 20 heavy (non-hydrogen) atoms. The summed E-state index contributed by atoms with van der Waals surface area (Å²) in [5.41, 5.74) is 0. The molecule has 1 unspecified atom stereocenters. The van der Waals surface area contributed by atoms with Crippen molar-refractivity contribution in [2.24, 2.45) is 5.92 Å². The molecule has 1 aromatic rings. The summed E-state index contributed by atoms with van der Waals surface area (Å²) in [7, 11) is 0. The topological polar surface area (TPSA) is 65.5 Å². The molecule has 0 saturated carbocycles. The van der Waals surface area contributed by atoms with Gasteiger partial charge < -0.3 is 15.1 Å². The van der Waals surface area contributed by atoms with Crippen molar-refractivity contribution in [1.82, 2.24) is 15.2 Å². The summed E-state index contributed by atoms with van der Waals surface area (Å²) >= 11 is 1.63. The number of hydrogen-bond donors (Lipinski definition) is 1. The lowest BCUT2D eigenvalue weighted by molar-refractivity contribution is -0.137. The van der Waals surface area contributed by atoms with E-state index in [1.54, 1.807) is 11.3 Å². The highest BCUT2D eigenvalue weighted by molar-refractivity contribution is 7.13. The van der Waals surface area contributed by atoms with Crippen molar-refractivity contribution >= 4 is 28.3 Å². The Morgan fingerprint density at radius 3 is 2.75 bits per heavy atom. The smallest absolute Gasteiger partial charge is 0.227 e. The average Bonchev–Trinajstić information content (AvgIpc) is 3.02. The van der Waals surface area contributed by atoms with E-state index >= 15 is 0 Å². The number of amides is 2. The first-order valence-electron chi connectivity index (χ1n) is 6.94. The number of nitrogens with zero attached hydrogens (tertiary/aromatic N) is 3. The summed E-state index contributed by atoms with van der Waals surface area (Å²) in [6, 6.07) is 0. The van der Waals surface area contributed by atoms with Crippen LogP contribution in [-0.4, -0.2) is 54.4 Å². The molecule has 2 saturated heterocycles. The van der Waals surface area contributed by atoms with Crippen molar-refractivity contribution in [3.8, 4) is 0 Å². The van der Waals surface area contributed by atoms with Gasteiger partial charge in [-0.05, 0) is 6.42 Å². The highest BCUT2D eigenvalue weighted by Gasteiger charge is 2.30. The van der Waals surface area contributed by atoms with Crippen molar-refractivity contribution in [3.05, 3.63) is 11.6 Å². The summed E-state index contributed by atoms with van der Waals surface area (Å²) in [5.74, 6) is 0.200. The Hall–Kier alpha value is -1.63. The number of aromatic nitrogens is 1. The second kappa shape index (κ2) is 5.78. The molecule has 1 N–H and O–H groups in total. The minimum Gasteiger partial charge on any atom is -0.355 e. The second-order valence-corrected chi connectivity index (χ2v) is 6.04. The van der Waals surface area contributed by atoms with Crippen LogP contribution in [-0.2, 0) is 9.59 Å². The predicted molar refractivity (Wildman–Crippen MR) is 76.6 cm³/mol. The molecule has 1 aromatic heterocycles. The van der Waals surface area contributed by atoms with E-state index in [0.29, 0.717) is 19.4 Å². The number of piperidine rings is 1. The van der Waals surface area contributed by atoms with E-state index in [1.165, 1.54) is 0 Å². The summed E-state index contributed by atoms with van der Waals surface area (Å²) in [6.07, 6.45) is 2.95. The third-order valence-corrected chi connectivity index (χ3v) is 4.73. The molecule has 1 atom stereocenters. The van der Waals surface area contributed by atoms with Gasteiger partial charge in [0.25, 0.3) is 0 Å². The van der Waals surface area contributed by atoms with Crippen molar-refractivity contribution < 1.29 is 9.59 Å². The predicted octanol–water partition coefficient (Wildman–Crippen LogP) is 0.318. The van der Waals surface area contributed by atoms with Crippen LogP contribution in [0.4, 0.5) is 5.13 Å². The number of piperazine rings is 1. The van der Waals surface area contributed by atoms with Crippen LogP contribution in [0.25, 0.3) is 0 Å². The number of rotatable bonds is 2. The Kier molecular flexibility index (Phi) is 3.86. The fourth-order valence-corrected chi connectivity index (χ4v) is 3.39. The molecule has 2 aliphatic rings. The lowest BCUT2D eigenvalue weighted by atomic mass is 9.97. The third kappa shape index (κ3) is 2.77. The molecule has 108 valence electrons. The zero-order chi connectivity index (χ0) is 13.9. The summed E-state index contributed by atoms with van der Waals surface area (Å²) in [5, 5.41) is 5.78. The Morgan fingerprint density at radius 2 is 2.15 bits per heavy atom. The van der Waals surface area contributed by atoms with Crippen LogP contribution < -0.4 is 10.2 Å². The van der Waals surface area contributed by atoms with E-state index in [2.05, 4.69) is 15.2 Å². The van der Waals surface area contributed by atoms with Gasteiger partial charge in [-0.25, -0.2) is 4.98 Å². The molecular formula is C13H18N4O2S. The van der Waals surface area contributed by atoms with Crippen LogP contribution >= 0.6 is 11.3 Å². The zero-order valence-corrected chi connectivity index (χ0v) is 12.1. The van der Waals surface area contributed by atoms with Crippen LogP contribution in [0.5, 0.6) is 0 Å². The number of anilines is 1. The maximum Gasteiger partial charge on any atom is 0.227 e. The van der Waals surface area contributed by atoms with Crippen LogP contribution in [0.15, 0.2) is 11.6 Å². The second-order valence-electron chi connectivity index (χ2n) is 5.17. The summed E-state index contributed by atoms with van der Waals surface area (Å²) in [4.78, 5) is 32.0. The van der Waals surface area contributed by atoms with Gasteiger partial charge in [0.1, 0.15) is 0 Å². The highest BCUT2D eigenvalue weighted by Crippen LogP contribution is 2.20. The molecule has 2 amide bonds. The molecule has 2 aliphatic heterocycles. The molecule has 0 aliphatic carbocycles. The van der Waals surface area contributed by atoms with E-state index in [4.69, 9.17) is 0 Å². The SMILES string of the molecule is O=C1CCC(C(=O)N2CCN(c3nccs3)CC2)CN1. The Bertz CT molecular complexity index is 473. The summed E-state index contributed by atoms with van der Waals surface area (Å²) in [6.45, 7) is 3.63. The maximum atomic E-state index is 12.4. The van der Waals surface area contributed by atoms with E-state index in [1.807, 2.05) is 16.5 Å². The standard InChI is InChI=1S/C13H18N4O2S/c18-11-2-1-10(9-15-11)12(19)16-4-6-17(7-5-16)13-14-3-8-20-13/h3,8,10H,1-2,4-7,9H2,(H,15,18). The third-order valence-electron chi connectivity index (χ3n) is 3.90. The monoisotopic (exact) mass is 294 g/mol. The Balaban J connectivity index is 1.52. The van der Waals surface area contributed by atoms with Crippen molar-refractivity contribution in [1.29, 1.82) is 0 Å². The van der Waals surface area contributed by atoms with Crippen LogP contribution in [0.2, 0.25) is 0 Å². The number of hydrogen-bond acceptors (Lipinski definition) is 5. The zero-order valence-electron chi connectivity index (χ0n) is 11.2. The van der Waals surface area contributed by atoms with Crippen molar-refractivity contribution in [2.75, 3.05) is 37.6 Å².